The summed E-state index contributed by atoms with van der Waals surface area (Å²) in [4.78, 5) is 19.2. The molecule has 1 fully saturated rings. The van der Waals surface area contributed by atoms with Crippen LogP contribution >= 0.6 is 0 Å². The maximum Gasteiger partial charge on any atom is 0.236 e. The van der Waals surface area contributed by atoms with Crippen LogP contribution in [0.1, 0.15) is 16.7 Å². The van der Waals surface area contributed by atoms with Gasteiger partial charge in [-0.25, -0.2) is 4.39 Å². The van der Waals surface area contributed by atoms with Crippen molar-refractivity contribution in [1.82, 2.24) is 14.7 Å². The molecule has 1 saturated heterocycles. The molecule has 2 aliphatic heterocycles. The molecule has 7 heteroatoms. The zero-order valence-electron chi connectivity index (χ0n) is 18.3. The van der Waals surface area contributed by atoms with E-state index in [1.54, 1.807) is 20.3 Å². The van der Waals surface area contributed by atoms with E-state index in [4.69, 9.17) is 9.47 Å². The molecule has 2 aromatic rings. The van der Waals surface area contributed by atoms with Crippen molar-refractivity contribution in [3.63, 3.8) is 0 Å². The summed E-state index contributed by atoms with van der Waals surface area (Å²) in [7, 11) is 3.29. The highest BCUT2D eigenvalue weighted by atomic mass is 19.1. The predicted octanol–water partition coefficient (Wildman–Crippen LogP) is 2.55. The summed E-state index contributed by atoms with van der Waals surface area (Å²) in [6.07, 6.45) is 0.888. The Hall–Kier alpha value is -2.64. The summed E-state index contributed by atoms with van der Waals surface area (Å²) in [5.41, 5.74) is 3.15. The number of carbonyl (C=O) groups is 1. The summed E-state index contributed by atoms with van der Waals surface area (Å²) < 4.78 is 24.7. The van der Waals surface area contributed by atoms with Gasteiger partial charge in [0, 0.05) is 51.4 Å². The van der Waals surface area contributed by atoms with E-state index in [2.05, 4.69) is 9.80 Å². The molecule has 0 spiro atoms. The quantitative estimate of drug-likeness (QED) is 0.709. The lowest BCUT2D eigenvalue weighted by Crippen LogP contribution is -2.51. The Kier molecular flexibility index (Phi) is 6.73. The van der Waals surface area contributed by atoms with Gasteiger partial charge in [0.05, 0.1) is 20.8 Å². The molecule has 2 aliphatic rings. The van der Waals surface area contributed by atoms with Crippen molar-refractivity contribution in [2.24, 2.45) is 0 Å². The van der Waals surface area contributed by atoms with E-state index >= 15 is 0 Å². The third-order valence-electron chi connectivity index (χ3n) is 6.23. The molecule has 0 bridgehead atoms. The van der Waals surface area contributed by atoms with Gasteiger partial charge in [-0.15, -0.1) is 0 Å². The zero-order valence-corrected chi connectivity index (χ0v) is 18.3. The molecule has 0 radical (unpaired) electrons. The summed E-state index contributed by atoms with van der Waals surface area (Å²) >= 11 is 0. The van der Waals surface area contributed by atoms with Gasteiger partial charge in [0.15, 0.2) is 11.5 Å². The number of piperazine rings is 1. The number of amides is 1. The van der Waals surface area contributed by atoms with Crippen LogP contribution in [0.2, 0.25) is 0 Å². The molecule has 0 aliphatic carbocycles. The number of ether oxygens (including phenoxy) is 2. The van der Waals surface area contributed by atoms with Gasteiger partial charge >= 0.3 is 0 Å². The summed E-state index contributed by atoms with van der Waals surface area (Å²) in [6, 6.07) is 11.0. The van der Waals surface area contributed by atoms with E-state index in [1.807, 2.05) is 29.2 Å². The van der Waals surface area contributed by atoms with Crippen LogP contribution in [0.3, 0.4) is 0 Å². The van der Waals surface area contributed by atoms with Gasteiger partial charge in [-0.05, 0) is 35.7 Å². The minimum Gasteiger partial charge on any atom is -0.493 e. The molecule has 2 heterocycles. The van der Waals surface area contributed by atoms with Gasteiger partial charge in [-0.2, -0.15) is 0 Å². The van der Waals surface area contributed by atoms with Crippen LogP contribution in [-0.2, 0) is 24.3 Å². The Labute approximate surface area is 183 Å². The molecule has 166 valence electrons. The third-order valence-corrected chi connectivity index (χ3v) is 6.23. The average Bonchev–Trinajstić information content (AvgIpc) is 2.80. The lowest BCUT2D eigenvalue weighted by atomic mass is 9.98. The first kappa shape index (κ1) is 21.6. The topological polar surface area (TPSA) is 45.3 Å². The first-order valence-corrected chi connectivity index (χ1v) is 10.8. The Morgan fingerprint density at radius 3 is 2.29 bits per heavy atom. The van der Waals surface area contributed by atoms with E-state index in [0.717, 1.165) is 44.1 Å². The fraction of sp³-hybridized carbons (Fsp3) is 0.458. The van der Waals surface area contributed by atoms with Crippen LogP contribution in [0.25, 0.3) is 0 Å². The monoisotopic (exact) mass is 427 g/mol. The number of carbonyl (C=O) groups excluding carboxylic acids is 1. The molecule has 0 N–H and O–H groups in total. The van der Waals surface area contributed by atoms with Crippen LogP contribution in [0.5, 0.6) is 11.5 Å². The second-order valence-corrected chi connectivity index (χ2v) is 8.18. The molecule has 0 atom stereocenters. The normalized spacial score (nSPS) is 17.3. The number of benzene rings is 2. The van der Waals surface area contributed by atoms with Gasteiger partial charge in [0.25, 0.3) is 0 Å². The Morgan fingerprint density at radius 1 is 0.935 bits per heavy atom. The average molecular weight is 428 g/mol. The minimum absolute atomic E-state index is 0.162. The van der Waals surface area contributed by atoms with Crippen molar-refractivity contribution in [2.75, 3.05) is 53.5 Å². The van der Waals surface area contributed by atoms with Crippen LogP contribution in [0.4, 0.5) is 4.39 Å². The van der Waals surface area contributed by atoms with Gasteiger partial charge in [-0.3, -0.25) is 14.6 Å². The second-order valence-electron chi connectivity index (χ2n) is 8.18. The molecule has 0 saturated carbocycles. The highest BCUT2D eigenvalue weighted by molar-refractivity contribution is 5.78. The second kappa shape index (κ2) is 9.66. The number of methoxy groups -OCH3 is 2. The number of fused-ring (bicyclic) bond motifs is 1. The van der Waals surface area contributed by atoms with E-state index in [9.17, 15) is 9.18 Å². The number of hydrogen-bond acceptors (Lipinski definition) is 5. The zero-order chi connectivity index (χ0) is 21.8. The smallest absolute Gasteiger partial charge is 0.236 e. The SMILES string of the molecule is COc1cc2c(cc1OC)CN(CC(=O)N1CCN(Cc3ccccc3F)CC1)CC2. The fourth-order valence-electron chi connectivity index (χ4n) is 4.39. The molecule has 1 amide bonds. The van der Waals surface area contributed by atoms with E-state index < -0.39 is 0 Å². The van der Waals surface area contributed by atoms with Gasteiger partial charge in [-0.1, -0.05) is 18.2 Å². The van der Waals surface area contributed by atoms with Crippen LogP contribution in [-0.4, -0.2) is 74.1 Å². The first-order valence-electron chi connectivity index (χ1n) is 10.8. The Balaban J connectivity index is 1.29. The Bertz CT molecular complexity index is 928. The van der Waals surface area contributed by atoms with Crippen molar-refractivity contribution < 1.29 is 18.7 Å². The lowest BCUT2D eigenvalue weighted by Gasteiger charge is -2.36. The Morgan fingerprint density at radius 2 is 1.61 bits per heavy atom. The van der Waals surface area contributed by atoms with Crippen LogP contribution in [0.15, 0.2) is 36.4 Å². The number of hydrogen-bond donors (Lipinski definition) is 0. The lowest BCUT2D eigenvalue weighted by molar-refractivity contribution is -0.134. The molecule has 31 heavy (non-hydrogen) atoms. The highest BCUT2D eigenvalue weighted by Gasteiger charge is 2.25. The predicted molar refractivity (Wildman–Crippen MR) is 117 cm³/mol. The fourth-order valence-corrected chi connectivity index (χ4v) is 4.39. The summed E-state index contributed by atoms with van der Waals surface area (Å²) in [6.45, 7) is 5.48. The molecular weight excluding hydrogens is 397 g/mol. The van der Waals surface area contributed by atoms with Crippen molar-refractivity contribution in [1.29, 1.82) is 0 Å². The maximum atomic E-state index is 13.9. The molecular formula is C24H30FN3O3. The van der Waals surface area contributed by atoms with Gasteiger partial charge in [0.2, 0.25) is 5.91 Å². The van der Waals surface area contributed by atoms with Crippen molar-refractivity contribution in [3.8, 4) is 11.5 Å². The van der Waals surface area contributed by atoms with Crippen LogP contribution in [0, 0.1) is 5.82 Å². The number of halogens is 1. The summed E-state index contributed by atoms with van der Waals surface area (Å²) in [5, 5.41) is 0. The minimum atomic E-state index is -0.166. The third kappa shape index (κ3) is 4.99. The first-order chi connectivity index (χ1) is 15.1. The molecule has 2 aromatic carbocycles. The number of nitrogens with zero attached hydrogens (tertiary/aromatic N) is 3. The molecule has 0 aromatic heterocycles. The summed E-state index contributed by atoms with van der Waals surface area (Å²) in [5.74, 6) is 1.47. The van der Waals surface area contributed by atoms with Crippen molar-refractivity contribution in [2.45, 2.75) is 19.5 Å². The van der Waals surface area contributed by atoms with E-state index in [0.29, 0.717) is 31.7 Å². The molecule has 4 rings (SSSR count). The van der Waals surface area contributed by atoms with E-state index in [1.165, 1.54) is 17.2 Å². The van der Waals surface area contributed by atoms with Crippen LogP contribution < -0.4 is 9.47 Å². The van der Waals surface area contributed by atoms with E-state index in [-0.39, 0.29) is 11.7 Å². The molecule has 6 nitrogen and oxygen atoms in total. The van der Waals surface area contributed by atoms with Gasteiger partial charge in [0.1, 0.15) is 5.82 Å². The molecule has 0 unspecified atom stereocenters. The largest absolute Gasteiger partial charge is 0.493 e. The highest BCUT2D eigenvalue weighted by Crippen LogP contribution is 2.33. The van der Waals surface area contributed by atoms with Crippen molar-refractivity contribution >= 4 is 5.91 Å². The maximum absolute atomic E-state index is 13.9. The number of rotatable bonds is 6. The van der Waals surface area contributed by atoms with Gasteiger partial charge < -0.3 is 14.4 Å². The van der Waals surface area contributed by atoms with Crippen molar-refractivity contribution in [3.05, 3.63) is 58.9 Å². The standard InChI is InChI=1S/C24H30FN3O3/c1-30-22-13-18-7-8-27(16-20(18)14-23(22)31-2)17-24(29)28-11-9-26(10-12-28)15-19-5-3-4-6-21(19)25/h3-6,13-14H,7-12,15-17H2,1-2H3.